The SMILES string of the molecule is CCOc1cc(NCC(C)(O)CO)ccc1N. The normalized spacial score (nSPS) is 14.1. The lowest BCUT2D eigenvalue weighted by Gasteiger charge is -2.21. The summed E-state index contributed by atoms with van der Waals surface area (Å²) in [6.45, 7) is 3.94. The van der Waals surface area contributed by atoms with E-state index in [4.69, 9.17) is 15.6 Å². The lowest BCUT2D eigenvalue weighted by molar-refractivity contribution is 0.0132. The van der Waals surface area contributed by atoms with E-state index in [2.05, 4.69) is 5.32 Å². The summed E-state index contributed by atoms with van der Waals surface area (Å²) in [4.78, 5) is 0. The Kier molecular flexibility index (Phi) is 4.60. The standard InChI is InChI=1S/C12H20N2O3/c1-3-17-11-6-9(4-5-10(11)13)14-7-12(2,16)8-15/h4-6,14-16H,3,7-8,13H2,1-2H3. The average molecular weight is 240 g/mol. The molecule has 0 radical (unpaired) electrons. The zero-order valence-electron chi connectivity index (χ0n) is 10.2. The number of rotatable bonds is 6. The Hall–Kier alpha value is -1.46. The number of ether oxygens (including phenoxy) is 1. The molecule has 0 aliphatic heterocycles. The number of nitrogens with two attached hydrogens (primary N) is 1. The maximum atomic E-state index is 9.64. The molecule has 17 heavy (non-hydrogen) atoms. The fourth-order valence-corrected chi connectivity index (χ4v) is 1.27. The largest absolute Gasteiger partial charge is 0.492 e. The molecule has 1 unspecified atom stereocenters. The fraction of sp³-hybridized carbons (Fsp3) is 0.500. The van der Waals surface area contributed by atoms with Gasteiger partial charge in [-0.1, -0.05) is 0 Å². The molecule has 0 bridgehead atoms. The summed E-state index contributed by atoms with van der Waals surface area (Å²) in [5, 5.41) is 21.6. The van der Waals surface area contributed by atoms with Crippen LogP contribution in [0.25, 0.3) is 0 Å². The number of hydrogen-bond acceptors (Lipinski definition) is 5. The molecule has 0 saturated heterocycles. The van der Waals surface area contributed by atoms with Gasteiger partial charge in [-0.05, 0) is 26.0 Å². The summed E-state index contributed by atoms with van der Waals surface area (Å²) >= 11 is 0. The minimum atomic E-state index is -1.15. The molecule has 1 atom stereocenters. The Morgan fingerprint density at radius 1 is 1.47 bits per heavy atom. The highest BCUT2D eigenvalue weighted by molar-refractivity contribution is 5.61. The molecule has 0 spiro atoms. The number of aliphatic hydroxyl groups excluding tert-OH is 1. The van der Waals surface area contributed by atoms with E-state index in [1.807, 2.05) is 6.92 Å². The van der Waals surface area contributed by atoms with Crippen LogP contribution in [0.15, 0.2) is 18.2 Å². The lowest BCUT2D eigenvalue weighted by Crippen LogP contribution is -2.37. The number of aliphatic hydroxyl groups is 2. The van der Waals surface area contributed by atoms with Crippen LogP contribution >= 0.6 is 0 Å². The highest BCUT2D eigenvalue weighted by Gasteiger charge is 2.18. The van der Waals surface area contributed by atoms with Crippen LogP contribution in [0.5, 0.6) is 5.75 Å². The summed E-state index contributed by atoms with van der Waals surface area (Å²) in [6.07, 6.45) is 0. The third kappa shape index (κ3) is 4.13. The number of nitrogens with one attached hydrogen (secondary N) is 1. The van der Waals surface area contributed by atoms with Crippen molar-refractivity contribution < 1.29 is 14.9 Å². The Morgan fingerprint density at radius 2 is 2.18 bits per heavy atom. The first kappa shape index (κ1) is 13.6. The Bertz CT molecular complexity index is 367. The van der Waals surface area contributed by atoms with Crippen molar-refractivity contribution in [1.82, 2.24) is 0 Å². The molecular weight excluding hydrogens is 220 g/mol. The predicted molar refractivity (Wildman–Crippen MR) is 68.2 cm³/mol. The van der Waals surface area contributed by atoms with Gasteiger partial charge in [-0.15, -0.1) is 0 Å². The van der Waals surface area contributed by atoms with Crippen molar-refractivity contribution >= 4 is 11.4 Å². The zero-order chi connectivity index (χ0) is 12.9. The van der Waals surface area contributed by atoms with Crippen molar-refractivity contribution in [2.75, 3.05) is 30.8 Å². The molecule has 5 N–H and O–H groups in total. The second-order valence-corrected chi connectivity index (χ2v) is 4.19. The minimum absolute atomic E-state index is 0.249. The van der Waals surface area contributed by atoms with E-state index in [1.165, 1.54) is 0 Å². The van der Waals surface area contributed by atoms with E-state index in [1.54, 1.807) is 25.1 Å². The molecule has 1 rings (SSSR count). The summed E-state index contributed by atoms with van der Waals surface area (Å²) in [5.74, 6) is 0.612. The second-order valence-electron chi connectivity index (χ2n) is 4.19. The predicted octanol–water partition coefficient (Wildman–Crippen LogP) is 0.823. The number of benzene rings is 1. The van der Waals surface area contributed by atoms with Crippen LogP contribution in [0.4, 0.5) is 11.4 Å². The first-order valence-corrected chi connectivity index (χ1v) is 5.58. The van der Waals surface area contributed by atoms with E-state index in [0.717, 1.165) is 5.69 Å². The average Bonchev–Trinajstić information content (AvgIpc) is 2.31. The van der Waals surface area contributed by atoms with Crippen molar-refractivity contribution in [2.24, 2.45) is 0 Å². The molecule has 0 aliphatic rings. The van der Waals surface area contributed by atoms with Gasteiger partial charge in [0.05, 0.1) is 18.9 Å². The lowest BCUT2D eigenvalue weighted by atomic mass is 10.1. The molecule has 5 heteroatoms. The van der Waals surface area contributed by atoms with Crippen molar-refractivity contribution in [3.63, 3.8) is 0 Å². The number of nitrogen functional groups attached to an aromatic ring is 1. The van der Waals surface area contributed by atoms with Crippen LogP contribution in [0.3, 0.4) is 0 Å². The molecule has 0 aromatic heterocycles. The first-order chi connectivity index (χ1) is 7.98. The Labute approximate surface area is 101 Å². The molecule has 1 aromatic rings. The van der Waals surface area contributed by atoms with Gasteiger partial charge in [0.15, 0.2) is 0 Å². The van der Waals surface area contributed by atoms with Gasteiger partial charge in [-0.25, -0.2) is 0 Å². The first-order valence-electron chi connectivity index (χ1n) is 5.58. The van der Waals surface area contributed by atoms with E-state index in [9.17, 15) is 5.11 Å². The second kappa shape index (κ2) is 5.75. The molecular formula is C12H20N2O3. The van der Waals surface area contributed by atoms with Crippen LogP contribution in [0, 0.1) is 0 Å². The van der Waals surface area contributed by atoms with Crippen molar-refractivity contribution in [1.29, 1.82) is 0 Å². The molecule has 0 aliphatic carbocycles. The van der Waals surface area contributed by atoms with Crippen molar-refractivity contribution in [3.8, 4) is 5.75 Å². The van der Waals surface area contributed by atoms with Gasteiger partial charge in [0, 0.05) is 18.3 Å². The number of anilines is 2. The molecule has 0 fully saturated rings. The van der Waals surface area contributed by atoms with E-state index in [0.29, 0.717) is 18.0 Å². The van der Waals surface area contributed by atoms with Gasteiger partial charge < -0.3 is 26.0 Å². The summed E-state index contributed by atoms with van der Waals surface area (Å²) in [7, 11) is 0. The summed E-state index contributed by atoms with van der Waals surface area (Å²) in [6, 6.07) is 5.30. The highest BCUT2D eigenvalue weighted by Crippen LogP contribution is 2.25. The van der Waals surface area contributed by atoms with Gasteiger partial charge in [0.1, 0.15) is 11.4 Å². The van der Waals surface area contributed by atoms with Gasteiger partial charge in [-0.2, -0.15) is 0 Å². The molecule has 0 saturated carbocycles. The minimum Gasteiger partial charge on any atom is -0.492 e. The Balaban J connectivity index is 2.69. The van der Waals surface area contributed by atoms with E-state index >= 15 is 0 Å². The van der Waals surface area contributed by atoms with E-state index < -0.39 is 5.60 Å². The molecule has 0 heterocycles. The summed E-state index contributed by atoms with van der Waals surface area (Å²) < 4.78 is 5.36. The van der Waals surface area contributed by atoms with Crippen molar-refractivity contribution in [2.45, 2.75) is 19.4 Å². The molecule has 0 amide bonds. The maximum Gasteiger partial charge on any atom is 0.144 e. The van der Waals surface area contributed by atoms with Crippen molar-refractivity contribution in [3.05, 3.63) is 18.2 Å². The monoisotopic (exact) mass is 240 g/mol. The fourth-order valence-electron chi connectivity index (χ4n) is 1.27. The molecule has 96 valence electrons. The van der Waals surface area contributed by atoms with Gasteiger partial charge in [0.2, 0.25) is 0 Å². The van der Waals surface area contributed by atoms with Crippen LogP contribution in [0.1, 0.15) is 13.8 Å². The van der Waals surface area contributed by atoms with Gasteiger partial charge >= 0.3 is 0 Å². The topological polar surface area (TPSA) is 87.7 Å². The van der Waals surface area contributed by atoms with E-state index in [-0.39, 0.29) is 13.2 Å². The van der Waals surface area contributed by atoms with Gasteiger partial charge in [-0.3, -0.25) is 0 Å². The number of hydrogen-bond donors (Lipinski definition) is 4. The third-order valence-corrected chi connectivity index (χ3v) is 2.33. The van der Waals surface area contributed by atoms with Crippen LogP contribution in [-0.2, 0) is 0 Å². The quantitative estimate of drug-likeness (QED) is 0.553. The van der Waals surface area contributed by atoms with Crippen LogP contribution in [-0.4, -0.2) is 35.6 Å². The molecule has 5 nitrogen and oxygen atoms in total. The Morgan fingerprint density at radius 3 is 2.76 bits per heavy atom. The van der Waals surface area contributed by atoms with Crippen LogP contribution < -0.4 is 15.8 Å². The van der Waals surface area contributed by atoms with Crippen LogP contribution in [0.2, 0.25) is 0 Å². The highest BCUT2D eigenvalue weighted by atomic mass is 16.5. The summed E-state index contributed by atoms with van der Waals surface area (Å²) in [5.41, 5.74) is 5.96. The third-order valence-electron chi connectivity index (χ3n) is 2.33. The molecule has 1 aromatic carbocycles. The van der Waals surface area contributed by atoms with Gasteiger partial charge in [0.25, 0.3) is 0 Å². The zero-order valence-corrected chi connectivity index (χ0v) is 10.2. The maximum absolute atomic E-state index is 9.64. The smallest absolute Gasteiger partial charge is 0.144 e.